The predicted molar refractivity (Wildman–Crippen MR) is 96.3 cm³/mol. The van der Waals surface area contributed by atoms with Crippen molar-refractivity contribution >= 4 is 11.9 Å². The summed E-state index contributed by atoms with van der Waals surface area (Å²) in [4.78, 5) is 24.8. The Balaban J connectivity index is 2.56. The van der Waals surface area contributed by atoms with Crippen LogP contribution in [0.2, 0.25) is 0 Å². The van der Waals surface area contributed by atoms with E-state index in [9.17, 15) is 9.59 Å². The number of carbonyl (C=O) groups is 2. The second kappa shape index (κ2) is 9.88. The Labute approximate surface area is 149 Å². The molecule has 1 unspecified atom stereocenters. The first-order chi connectivity index (χ1) is 11.8. The molecule has 0 aromatic heterocycles. The number of ether oxygens (including phenoxy) is 2. The minimum atomic E-state index is -0.459. The lowest BCUT2D eigenvalue weighted by Gasteiger charge is -2.21. The lowest BCUT2D eigenvalue weighted by atomic mass is 10.1. The highest BCUT2D eigenvalue weighted by Crippen LogP contribution is 2.27. The molecule has 3 N–H and O–H groups in total. The topological polar surface area (TPSA) is 81.1 Å². The number of imide groups is 1. The minimum Gasteiger partial charge on any atom is -0.493 e. The fourth-order valence-corrected chi connectivity index (χ4v) is 2.34. The van der Waals surface area contributed by atoms with E-state index < -0.39 is 6.03 Å². The van der Waals surface area contributed by atoms with Crippen LogP contribution in [0.25, 0.3) is 0 Å². The zero-order chi connectivity index (χ0) is 19.0. The van der Waals surface area contributed by atoms with Gasteiger partial charge in [-0.05, 0) is 38.5 Å². The van der Waals surface area contributed by atoms with Crippen molar-refractivity contribution in [2.45, 2.75) is 39.3 Å². The average Bonchev–Trinajstić information content (AvgIpc) is 2.57. The van der Waals surface area contributed by atoms with Crippen molar-refractivity contribution in [3.63, 3.8) is 0 Å². The number of hydrogen-bond acceptors (Lipinski definition) is 4. The number of carbonyl (C=O) groups excluding carboxylic acids is 2. The summed E-state index contributed by atoms with van der Waals surface area (Å²) in [7, 11) is 5.14. The molecule has 1 aromatic rings. The van der Waals surface area contributed by atoms with Gasteiger partial charge in [-0.15, -0.1) is 0 Å². The highest BCUT2D eigenvalue weighted by molar-refractivity contribution is 5.96. The summed E-state index contributed by atoms with van der Waals surface area (Å²) in [6.07, 6.45) is 0.780. The zero-order valence-corrected chi connectivity index (χ0v) is 15.9. The molecule has 2 atom stereocenters. The number of nitrogens with one attached hydrogen (secondary N) is 3. The normalized spacial score (nSPS) is 13.1. The van der Waals surface area contributed by atoms with Gasteiger partial charge in [0, 0.05) is 12.5 Å². The lowest BCUT2D eigenvalue weighted by molar-refractivity contribution is -0.894. The van der Waals surface area contributed by atoms with Gasteiger partial charge in [0.2, 0.25) is 0 Å². The highest BCUT2D eigenvalue weighted by Gasteiger charge is 2.23. The molecule has 3 amide bonds. The van der Waals surface area contributed by atoms with E-state index in [1.807, 2.05) is 46.0 Å². The molecule has 1 rings (SSSR count). The molecule has 0 aliphatic rings. The summed E-state index contributed by atoms with van der Waals surface area (Å²) in [5, 5.41) is 5.02. The van der Waals surface area contributed by atoms with E-state index in [0.717, 1.165) is 23.4 Å². The van der Waals surface area contributed by atoms with Crippen LogP contribution in [0.1, 0.15) is 26.3 Å². The van der Waals surface area contributed by atoms with Gasteiger partial charge in [0.1, 0.15) is 0 Å². The van der Waals surface area contributed by atoms with Crippen LogP contribution < -0.4 is 25.0 Å². The summed E-state index contributed by atoms with van der Waals surface area (Å²) in [6, 6.07) is 4.98. The van der Waals surface area contributed by atoms with Crippen LogP contribution in [0.5, 0.6) is 11.5 Å². The van der Waals surface area contributed by atoms with Gasteiger partial charge in [-0.3, -0.25) is 10.1 Å². The number of amides is 3. The molecule has 0 heterocycles. The van der Waals surface area contributed by atoms with E-state index >= 15 is 0 Å². The van der Waals surface area contributed by atoms with Crippen molar-refractivity contribution in [1.82, 2.24) is 10.6 Å². The van der Waals surface area contributed by atoms with Gasteiger partial charge in [0.15, 0.2) is 17.5 Å². The maximum atomic E-state index is 12.1. The second-order valence-electron chi connectivity index (χ2n) is 6.37. The minimum absolute atomic E-state index is 0.0155. The molecule has 0 aliphatic heterocycles. The van der Waals surface area contributed by atoms with E-state index in [-0.39, 0.29) is 18.0 Å². The molecule has 7 nitrogen and oxygen atoms in total. The molecule has 0 radical (unpaired) electrons. The summed E-state index contributed by atoms with van der Waals surface area (Å²) in [5.74, 6) is 1.09. The Morgan fingerprint density at radius 1 is 1.12 bits per heavy atom. The molecule has 25 heavy (non-hydrogen) atoms. The predicted octanol–water partition coefficient (Wildman–Crippen LogP) is 0.384. The monoisotopic (exact) mass is 352 g/mol. The third kappa shape index (κ3) is 6.62. The first kappa shape index (κ1) is 20.8. The Bertz CT molecular complexity index is 590. The average molecular weight is 352 g/mol. The molecule has 0 bridgehead atoms. The van der Waals surface area contributed by atoms with Crippen LogP contribution in [0, 0.1) is 0 Å². The van der Waals surface area contributed by atoms with Gasteiger partial charge < -0.3 is 19.7 Å². The van der Waals surface area contributed by atoms with Crippen molar-refractivity contribution in [3.8, 4) is 11.5 Å². The summed E-state index contributed by atoms with van der Waals surface area (Å²) in [6.45, 7) is 6.24. The fraction of sp³-hybridized carbons (Fsp3) is 0.556. The van der Waals surface area contributed by atoms with Crippen LogP contribution in [-0.2, 0) is 11.2 Å². The molecule has 0 saturated heterocycles. The fourth-order valence-electron chi connectivity index (χ4n) is 2.34. The second-order valence-corrected chi connectivity index (χ2v) is 6.37. The van der Waals surface area contributed by atoms with Crippen LogP contribution in [-0.4, -0.2) is 51.8 Å². The Kier molecular flexibility index (Phi) is 8.21. The van der Waals surface area contributed by atoms with Crippen LogP contribution in [0.4, 0.5) is 4.79 Å². The lowest BCUT2D eigenvalue weighted by Crippen LogP contribution is -3.14. The Morgan fingerprint density at radius 2 is 1.76 bits per heavy atom. The Morgan fingerprint density at radius 3 is 2.32 bits per heavy atom. The zero-order valence-electron chi connectivity index (χ0n) is 15.9. The van der Waals surface area contributed by atoms with Crippen molar-refractivity contribution in [1.29, 1.82) is 0 Å². The van der Waals surface area contributed by atoms with Gasteiger partial charge in [-0.1, -0.05) is 6.07 Å². The third-order valence-corrected chi connectivity index (χ3v) is 4.04. The first-order valence-corrected chi connectivity index (χ1v) is 8.43. The molecule has 1 aromatic carbocycles. The molecular formula is C18H30N3O4+. The van der Waals surface area contributed by atoms with Gasteiger partial charge in [-0.25, -0.2) is 4.79 Å². The molecular weight excluding hydrogens is 322 g/mol. The quantitative estimate of drug-likeness (QED) is 0.632. The number of rotatable bonds is 8. The summed E-state index contributed by atoms with van der Waals surface area (Å²) < 4.78 is 10.5. The van der Waals surface area contributed by atoms with E-state index in [0.29, 0.717) is 11.5 Å². The third-order valence-electron chi connectivity index (χ3n) is 4.04. The van der Waals surface area contributed by atoms with Crippen LogP contribution in [0.15, 0.2) is 18.2 Å². The molecule has 0 spiro atoms. The number of quaternary nitrogens is 1. The van der Waals surface area contributed by atoms with E-state index in [2.05, 4.69) is 10.6 Å². The van der Waals surface area contributed by atoms with Crippen molar-refractivity contribution in [2.24, 2.45) is 0 Å². The van der Waals surface area contributed by atoms with Gasteiger partial charge >= 0.3 is 6.03 Å². The standard InChI is InChI=1S/C18H29N3O4/c1-12(2)19-18(23)20-17(22)13(3)21(4)10-9-14-7-8-15(24-5)16(11-14)25-6/h7-8,11-13H,9-10H2,1-6H3,(H2,19,20,22,23)/p+1/t13-/m1/s1. The summed E-state index contributed by atoms with van der Waals surface area (Å²) >= 11 is 0. The Hall–Kier alpha value is -2.28. The highest BCUT2D eigenvalue weighted by atomic mass is 16.5. The SMILES string of the molecule is COc1ccc(CC[NH+](C)[C@H](C)C(=O)NC(=O)NC(C)C)cc1OC. The molecule has 0 aliphatic carbocycles. The number of likely N-dealkylation sites (N-methyl/N-ethyl adjacent to an activating group) is 1. The number of benzene rings is 1. The van der Waals surface area contributed by atoms with Gasteiger partial charge in [0.05, 0.1) is 27.8 Å². The van der Waals surface area contributed by atoms with Crippen LogP contribution in [0.3, 0.4) is 0 Å². The maximum Gasteiger partial charge on any atom is 0.321 e. The number of methoxy groups -OCH3 is 2. The van der Waals surface area contributed by atoms with Crippen molar-refractivity contribution in [3.05, 3.63) is 23.8 Å². The molecule has 0 fully saturated rings. The van der Waals surface area contributed by atoms with Gasteiger partial charge in [0.25, 0.3) is 5.91 Å². The van der Waals surface area contributed by atoms with E-state index in [1.54, 1.807) is 14.2 Å². The van der Waals surface area contributed by atoms with Gasteiger partial charge in [-0.2, -0.15) is 0 Å². The van der Waals surface area contributed by atoms with E-state index in [1.165, 1.54) is 0 Å². The summed E-state index contributed by atoms with van der Waals surface area (Å²) in [5.41, 5.74) is 1.10. The number of hydrogen-bond donors (Lipinski definition) is 3. The van der Waals surface area contributed by atoms with E-state index in [4.69, 9.17) is 9.47 Å². The first-order valence-electron chi connectivity index (χ1n) is 8.43. The maximum absolute atomic E-state index is 12.1. The van der Waals surface area contributed by atoms with Crippen LogP contribution >= 0.6 is 0 Å². The molecule has 7 heteroatoms. The largest absolute Gasteiger partial charge is 0.493 e. The van der Waals surface area contributed by atoms with Crippen molar-refractivity contribution in [2.75, 3.05) is 27.8 Å². The molecule has 140 valence electrons. The number of urea groups is 1. The van der Waals surface area contributed by atoms with Crippen molar-refractivity contribution < 1.29 is 24.0 Å². The molecule has 0 saturated carbocycles. The smallest absolute Gasteiger partial charge is 0.321 e.